The first kappa shape index (κ1) is 16.6. The lowest BCUT2D eigenvalue weighted by atomic mass is 10.1. The lowest BCUT2D eigenvalue weighted by Crippen LogP contribution is -2.43. The number of methoxy groups -OCH3 is 1. The maximum atomic E-state index is 5.40. The zero-order valence-electron chi connectivity index (χ0n) is 14.2. The number of rotatable bonds is 4. The van der Waals surface area contributed by atoms with E-state index in [1.807, 2.05) is 18.2 Å². The van der Waals surface area contributed by atoms with E-state index in [0.29, 0.717) is 0 Å². The number of aromatic nitrogens is 2. The van der Waals surface area contributed by atoms with Crippen LogP contribution in [0.3, 0.4) is 0 Å². The number of ether oxygens (including phenoxy) is 1. The molecule has 0 unspecified atom stereocenters. The molecule has 1 aromatic carbocycles. The van der Waals surface area contributed by atoms with E-state index in [1.54, 1.807) is 7.11 Å². The van der Waals surface area contributed by atoms with Crippen LogP contribution in [0.5, 0.6) is 5.75 Å². The first-order valence-corrected chi connectivity index (χ1v) is 9.28. The van der Waals surface area contributed by atoms with Crippen molar-refractivity contribution in [2.24, 2.45) is 0 Å². The van der Waals surface area contributed by atoms with Gasteiger partial charge in [0.1, 0.15) is 11.4 Å². The Bertz CT molecular complexity index is 886. The second-order valence-corrected chi connectivity index (χ2v) is 7.16. The predicted octanol–water partition coefficient (Wildman–Crippen LogP) is 3.18. The Morgan fingerprint density at radius 2 is 2.04 bits per heavy atom. The summed E-state index contributed by atoms with van der Waals surface area (Å²) in [6.07, 6.45) is 2.10. The Morgan fingerprint density at radius 1 is 1.20 bits per heavy atom. The highest BCUT2D eigenvalue weighted by Gasteiger charge is 2.19. The van der Waals surface area contributed by atoms with Gasteiger partial charge in [0.25, 0.3) is 0 Å². The van der Waals surface area contributed by atoms with Gasteiger partial charge in [0.2, 0.25) is 0 Å². The van der Waals surface area contributed by atoms with Crippen molar-refractivity contribution in [1.29, 1.82) is 0 Å². The van der Waals surface area contributed by atoms with Gasteiger partial charge in [-0.15, -0.1) is 0 Å². The Kier molecular flexibility index (Phi) is 4.74. The van der Waals surface area contributed by atoms with E-state index in [0.717, 1.165) is 59.9 Å². The summed E-state index contributed by atoms with van der Waals surface area (Å²) in [5.74, 6) is 0.851. The Hall–Kier alpha value is -1.89. The smallest absolute Gasteiger partial charge is 0.137 e. The van der Waals surface area contributed by atoms with Crippen LogP contribution < -0.4 is 10.1 Å². The molecule has 2 aromatic heterocycles. The molecule has 0 radical (unpaired) electrons. The average Bonchev–Trinajstić information content (AvgIpc) is 3.00. The fourth-order valence-corrected chi connectivity index (χ4v) is 3.64. The number of benzene rings is 1. The van der Waals surface area contributed by atoms with E-state index in [-0.39, 0.29) is 0 Å². The monoisotopic (exact) mass is 400 g/mol. The molecule has 0 amide bonds. The molecule has 25 heavy (non-hydrogen) atoms. The maximum absolute atomic E-state index is 5.40. The van der Waals surface area contributed by atoms with Crippen molar-refractivity contribution in [2.75, 3.05) is 33.3 Å². The molecule has 4 rings (SSSR count). The third-order valence-corrected chi connectivity index (χ3v) is 5.08. The largest absolute Gasteiger partial charge is 0.497 e. The average molecular weight is 401 g/mol. The van der Waals surface area contributed by atoms with E-state index in [2.05, 4.69) is 54.9 Å². The van der Waals surface area contributed by atoms with Gasteiger partial charge in [-0.1, -0.05) is 12.1 Å². The van der Waals surface area contributed by atoms with Crippen LogP contribution in [-0.2, 0) is 6.54 Å². The van der Waals surface area contributed by atoms with Crippen LogP contribution in [0.1, 0.15) is 5.69 Å². The SMILES string of the molecule is COc1cccc(-c2nc3ccc(Br)cn3c2CN2CCNCC2)c1. The van der Waals surface area contributed by atoms with Crippen molar-refractivity contribution < 1.29 is 4.74 Å². The molecular weight excluding hydrogens is 380 g/mol. The summed E-state index contributed by atoms with van der Waals surface area (Å²) in [6, 6.07) is 12.2. The van der Waals surface area contributed by atoms with E-state index in [1.165, 1.54) is 5.69 Å². The predicted molar refractivity (Wildman–Crippen MR) is 103 cm³/mol. The Morgan fingerprint density at radius 3 is 2.84 bits per heavy atom. The number of nitrogens with zero attached hydrogens (tertiary/aromatic N) is 3. The van der Waals surface area contributed by atoms with Gasteiger partial charge >= 0.3 is 0 Å². The lowest BCUT2D eigenvalue weighted by molar-refractivity contribution is 0.230. The van der Waals surface area contributed by atoms with Crippen LogP contribution in [0.4, 0.5) is 0 Å². The Labute approximate surface area is 155 Å². The van der Waals surface area contributed by atoms with Crippen molar-refractivity contribution in [3.05, 3.63) is 52.8 Å². The third kappa shape index (κ3) is 3.42. The van der Waals surface area contributed by atoms with Crippen LogP contribution in [0.25, 0.3) is 16.9 Å². The van der Waals surface area contributed by atoms with Gasteiger partial charge in [0.15, 0.2) is 0 Å². The number of fused-ring (bicyclic) bond motifs is 1. The van der Waals surface area contributed by atoms with Gasteiger partial charge in [0, 0.05) is 49.0 Å². The van der Waals surface area contributed by atoms with Gasteiger partial charge in [-0.3, -0.25) is 4.90 Å². The minimum Gasteiger partial charge on any atom is -0.497 e. The van der Waals surface area contributed by atoms with Crippen molar-refractivity contribution in [3.8, 4) is 17.0 Å². The highest BCUT2D eigenvalue weighted by molar-refractivity contribution is 9.10. The van der Waals surface area contributed by atoms with Gasteiger partial charge in [0.05, 0.1) is 18.5 Å². The second kappa shape index (κ2) is 7.15. The van der Waals surface area contributed by atoms with Gasteiger partial charge < -0.3 is 14.5 Å². The molecule has 0 saturated carbocycles. The quantitative estimate of drug-likeness (QED) is 0.729. The first-order valence-electron chi connectivity index (χ1n) is 8.48. The summed E-state index contributed by atoms with van der Waals surface area (Å²) >= 11 is 3.59. The van der Waals surface area contributed by atoms with Gasteiger partial charge in [-0.2, -0.15) is 0 Å². The number of halogens is 1. The molecule has 1 aliphatic rings. The van der Waals surface area contributed by atoms with Crippen molar-refractivity contribution in [3.63, 3.8) is 0 Å². The number of hydrogen-bond donors (Lipinski definition) is 1. The van der Waals surface area contributed by atoms with E-state index in [4.69, 9.17) is 9.72 Å². The highest BCUT2D eigenvalue weighted by atomic mass is 79.9. The molecule has 0 atom stereocenters. The standard InChI is InChI=1S/C19H21BrN4O/c1-25-16-4-2-3-14(11-16)19-17(13-23-9-7-21-8-10-23)24-12-15(20)5-6-18(24)22-19/h2-6,11-12,21H,7-10,13H2,1H3. The summed E-state index contributed by atoms with van der Waals surface area (Å²) in [5.41, 5.74) is 4.29. The van der Waals surface area contributed by atoms with Crippen molar-refractivity contribution in [2.45, 2.75) is 6.54 Å². The summed E-state index contributed by atoms with van der Waals surface area (Å²) in [6.45, 7) is 5.06. The fraction of sp³-hybridized carbons (Fsp3) is 0.316. The molecule has 1 N–H and O–H groups in total. The summed E-state index contributed by atoms with van der Waals surface area (Å²) < 4.78 is 8.65. The summed E-state index contributed by atoms with van der Waals surface area (Å²) in [5, 5.41) is 3.41. The minimum absolute atomic E-state index is 0.851. The molecule has 3 heterocycles. The minimum atomic E-state index is 0.851. The molecule has 3 aromatic rings. The lowest BCUT2D eigenvalue weighted by Gasteiger charge is -2.27. The van der Waals surface area contributed by atoms with Crippen molar-refractivity contribution >= 4 is 21.6 Å². The van der Waals surface area contributed by atoms with Crippen LogP contribution in [0.2, 0.25) is 0 Å². The maximum Gasteiger partial charge on any atom is 0.137 e. The summed E-state index contributed by atoms with van der Waals surface area (Å²) in [4.78, 5) is 7.39. The number of pyridine rings is 1. The number of piperazine rings is 1. The molecule has 0 spiro atoms. The van der Waals surface area contributed by atoms with Crippen LogP contribution >= 0.6 is 15.9 Å². The zero-order valence-corrected chi connectivity index (χ0v) is 15.8. The molecule has 1 saturated heterocycles. The third-order valence-electron chi connectivity index (χ3n) is 4.61. The van der Waals surface area contributed by atoms with Gasteiger partial charge in [-0.25, -0.2) is 4.98 Å². The summed E-state index contributed by atoms with van der Waals surface area (Å²) in [7, 11) is 1.70. The Balaban J connectivity index is 1.82. The molecular formula is C19H21BrN4O. The molecule has 0 bridgehead atoms. The number of imidazole rings is 1. The van der Waals surface area contributed by atoms with Crippen LogP contribution in [0, 0.1) is 0 Å². The van der Waals surface area contributed by atoms with Gasteiger partial charge in [-0.05, 0) is 40.2 Å². The fourth-order valence-electron chi connectivity index (χ4n) is 3.30. The molecule has 1 aliphatic heterocycles. The van der Waals surface area contributed by atoms with E-state index >= 15 is 0 Å². The van der Waals surface area contributed by atoms with Crippen molar-refractivity contribution in [1.82, 2.24) is 19.6 Å². The normalized spacial score (nSPS) is 15.6. The van der Waals surface area contributed by atoms with Crippen LogP contribution in [-0.4, -0.2) is 47.6 Å². The molecule has 130 valence electrons. The zero-order chi connectivity index (χ0) is 17.2. The molecule has 1 fully saturated rings. The van der Waals surface area contributed by atoms with E-state index in [9.17, 15) is 0 Å². The second-order valence-electron chi connectivity index (χ2n) is 6.24. The molecule has 6 heteroatoms. The number of hydrogen-bond acceptors (Lipinski definition) is 4. The molecule has 0 aliphatic carbocycles. The molecule has 5 nitrogen and oxygen atoms in total. The topological polar surface area (TPSA) is 41.8 Å². The van der Waals surface area contributed by atoms with Crippen LogP contribution in [0.15, 0.2) is 47.1 Å². The van der Waals surface area contributed by atoms with E-state index < -0.39 is 0 Å². The highest BCUT2D eigenvalue weighted by Crippen LogP contribution is 2.29. The first-order chi connectivity index (χ1) is 12.2. The number of nitrogens with one attached hydrogen (secondary N) is 1.